The molecule has 0 aliphatic carbocycles. The molecule has 6 rings (SSSR count). The van der Waals surface area contributed by atoms with Crippen molar-refractivity contribution in [2.24, 2.45) is 11.8 Å². The van der Waals surface area contributed by atoms with E-state index in [-0.39, 0.29) is 18.4 Å². The number of aliphatic hydroxyl groups is 1. The molecule has 2 bridgehead atoms. The molecule has 3 aliphatic heterocycles. The number of rotatable bonds is 10. The zero-order valence-electron chi connectivity index (χ0n) is 22.3. The molecule has 4 unspecified atom stereocenters. The van der Waals surface area contributed by atoms with Crippen LogP contribution in [0.5, 0.6) is 17.6 Å². The summed E-state index contributed by atoms with van der Waals surface area (Å²) in [4.78, 5) is 13.7. The fraction of sp³-hybridized carbons (Fsp3) is 0.483. The average Bonchev–Trinajstić information content (AvgIpc) is 2.92. The summed E-state index contributed by atoms with van der Waals surface area (Å²) in [5.41, 5.74) is 2.60. The van der Waals surface area contributed by atoms with Gasteiger partial charge in [0.2, 0.25) is 5.88 Å². The van der Waals surface area contributed by atoms with Crippen molar-refractivity contribution in [2.75, 3.05) is 33.4 Å². The minimum absolute atomic E-state index is 0. The molecular formula is C29H37ClN4O4. The van der Waals surface area contributed by atoms with Gasteiger partial charge in [0.25, 0.3) is 0 Å². The van der Waals surface area contributed by atoms with Crippen LogP contribution in [0.1, 0.15) is 44.1 Å². The van der Waals surface area contributed by atoms with Gasteiger partial charge in [-0.3, -0.25) is 4.98 Å². The fourth-order valence-electron chi connectivity index (χ4n) is 6.39. The zero-order valence-corrected chi connectivity index (χ0v) is 23.1. The predicted molar refractivity (Wildman–Crippen MR) is 142 cm³/mol. The molecule has 204 valence electrons. The predicted octanol–water partition coefficient (Wildman–Crippen LogP) is 1.48. The summed E-state index contributed by atoms with van der Waals surface area (Å²) in [6, 6.07) is 10.0. The number of ether oxygens (including phenoxy) is 3. The zero-order chi connectivity index (χ0) is 26.0. The monoisotopic (exact) mass is 540 g/mol. The van der Waals surface area contributed by atoms with E-state index in [4.69, 9.17) is 19.2 Å². The van der Waals surface area contributed by atoms with Crippen LogP contribution in [0.2, 0.25) is 0 Å². The van der Waals surface area contributed by atoms with E-state index in [1.165, 1.54) is 0 Å². The van der Waals surface area contributed by atoms with Crippen LogP contribution in [0.15, 0.2) is 49.2 Å². The minimum Gasteiger partial charge on any atom is -1.00 e. The number of piperidine rings is 3. The van der Waals surface area contributed by atoms with Crippen LogP contribution in [0, 0.1) is 11.8 Å². The first kappa shape index (κ1) is 28.1. The van der Waals surface area contributed by atoms with Gasteiger partial charge in [-0.15, -0.1) is 6.58 Å². The number of halogens is 1. The van der Waals surface area contributed by atoms with Gasteiger partial charge in [-0.2, -0.15) is 9.97 Å². The molecule has 0 saturated carbocycles. The molecule has 1 aromatic carbocycles. The number of hydrogen-bond donors (Lipinski definition) is 1. The summed E-state index contributed by atoms with van der Waals surface area (Å²) in [5, 5.41) is 12.9. The molecule has 1 N–H and O–H groups in total. The van der Waals surface area contributed by atoms with Gasteiger partial charge in [-0.1, -0.05) is 6.08 Å². The van der Waals surface area contributed by atoms with E-state index in [0.29, 0.717) is 43.5 Å². The van der Waals surface area contributed by atoms with Crippen molar-refractivity contribution >= 4 is 10.9 Å². The second kappa shape index (κ2) is 11.8. The van der Waals surface area contributed by atoms with E-state index in [0.717, 1.165) is 58.3 Å². The quantitative estimate of drug-likeness (QED) is 0.308. The van der Waals surface area contributed by atoms with Crippen LogP contribution in [0.4, 0.5) is 0 Å². The number of aliphatic hydroxyl groups excluding tert-OH is 1. The number of nitrogens with zero attached hydrogens (tertiary/aromatic N) is 4. The summed E-state index contributed by atoms with van der Waals surface area (Å²) in [7, 11) is 1.66. The third kappa shape index (κ3) is 5.30. The summed E-state index contributed by atoms with van der Waals surface area (Å²) in [6.07, 6.45) is 5.25. The molecule has 3 saturated heterocycles. The lowest BCUT2D eigenvalue weighted by Gasteiger charge is -2.58. The summed E-state index contributed by atoms with van der Waals surface area (Å²) in [6.45, 7) is 11.6. The van der Waals surface area contributed by atoms with Crippen molar-refractivity contribution in [1.82, 2.24) is 15.0 Å². The average molecular weight is 541 g/mol. The topological polar surface area (TPSA) is 86.6 Å². The highest BCUT2D eigenvalue weighted by atomic mass is 35.5. The lowest BCUT2D eigenvalue weighted by molar-refractivity contribution is -0.985. The van der Waals surface area contributed by atoms with Crippen LogP contribution in [-0.4, -0.2) is 64.0 Å². The Morgan fingerprint density at radius 1 is 1.16 bits per heavy atom. The molecule has 9 heteroatoms. The van der Waals surface area contributed by atoms with E-state index in [1.807, 2.05) is 44.2 Å². The third-order valence-electron chi connectivity index (χ3n) is 8.12. The van der Waals surface area contributed by atoms with E-state index in [9.17, 15) is 5.11 Å². The van der Waals surface area contributed by atoms with Gasteiger partial charge < -0.3 is 36.2 Å². The first-order chi connectivity index (χ1) is 18.0. The molecule has 0 radical (unpaired) electrons. The highest BCUT2D eigenvalue weighted by Crippen LogP contribution is 2.48. The molecule has 38 heavy (non-hydrogen) atoms. The van der Waals surface area contributed by atoms with Crippen molar-refractivity contribution in [3.63, 3.8) is 0 Å². The van der Waals surface area contributed by atoms with Gasteiger partial charge in [0.15, 0.2) is 0 Å². The van der Waals surface area contributed by atoms with E-state index in [1.54, 1.807) is 13.3 Å². The second-order valence-electron chi connectivity index (χ2n) is 10.1. The number of quaternary nitrogens is 1. The van der Waals surface area contributed by atoms with Gasteiger partial charge in [-0.25, -0.2) is 0 Å². The Kier molecular flexibility index (Phi) is 8.75. The molecule has 5 atom stereocenters. The van der Waals surface area contributed by atoms with E-state index >= 15 is 0 Å². The molecule has 0 spiro atoms. The normalized spacial score (nSPS) is 24.9. The lowest BCUT2D eigenvalue weighted by Crippen LogP contribution is -3.00. The molecule has 3 aliphatic rings. The number of fused-ring (bicyclic) bond motifs is 4. The highest BCUT2D eigenvalue weighted by Gasteiger charge is 2.54. The molecule has 0 amide bonds. The first-order valence-corrected chi connectivity index (χ1v) is 13.2. The Labute approximate surface area is 230 Å². The molecule has 3 aromatic rings. The van der Waals surface area contributed by atoms with Gasteiger partial charge in [0, 0.05) is 36.4 Å². The highest BCUT2D eigenvalue weighted by molar-refractivity contribution is 5.83. The van der Waals surface area contributed by atoms with E-state index in [2.05, 4.69) is 22.6 Å². The van der Waals surface area contributed by atoms with Gasteiger partial charge in [0.1, 0.15) is 30.1 Å². The summed E-state index contributed by atoms with van der Waals surface area (Å²) in [5.74, 6) is 2.20. The Morgan fingerprint density at radius 3 is 2.71 bits per heavy atom. The maximum atomic E-state index is 12.0. The Hall–Kier alpha value is -2.94. The largest absolute Gasteiger partial charge is 1.00 e. The van der Waals surface area contributed by atoms with Crippen molar-refractivity contribution in [1.29, 1.82) is 0 Å². The van der Waals surface area contributed by atoms with Gasteiger partial charge >= 0.3 is 6.01 Å². The Balaban J connectivity index is 0.00000336. The number of hydrogen-bond acceptors (Lipinski definition) is 7. The van der Waals surface area contributed by atoms with E-state index < -0.39 is 6.10 Å². The number of aromatic nitrogens is 3. The Morgan fingerprint density at radius 2 is 1.97 bits per heavy atom. The minimum atomic E-state index is -0.661. The maximum Gasteiger partial charge on any atom is 0.320 e. The summed E-state index contributed by atoms with van der Waals surface area (Å²) >= 11 is 0. The van der Waals surface area contributed by atoms with Crippen LogP contribution in [0.3, 0.4) is 0 Å². The van der Waals surface area contributed by atoms with Crippen molar-refractivity contribution in [3.05, 3.63) is 60.4 Å². The second-order valence-corrected chi connectivity index (χ2v) is 10.1. The van der Waals surface area contributed by atoms with Crippen LogP contribution in [-0.2, 0) is 6.54 Å². The smallest absolute Gasteiger partial charge is 0.320 e. The lowest BCUT2D eigenvalue weighted by atomic mass is 9.71. The summed E-state index contributed by atoms with van der Waals surface area (Å²) < 4.78 is 17.6. The molecule has 8 nitrogen and oxygen atoms in total. The third-order valence-corrected chi connectivity index (χ3v) is 8.12. The van der Waals surface area contributed by atoms with Crippen molar-refractivity contribution in [3.8, 4) is 17.6 Å². The molecule has 3 fully saturated rings. The van der Waals surface area contributed by atoms with Crippen molar-refractivity contribution < 1.29 is 36.2 Å². The molecular weight excluding hydrogens is 504 g/mol. The van der Waals surface area contributed by atoms with Crippen LogP contribution >= 0.6 is 0 Å². The number of pyridine rings is 1. The SMILES string of the molecule is C=CC1C[N+]2(Cc3cc(OCC)nc(OCC)n3)CCC1CC2[C@H](O)c1ccnc2ccc(OC)cc12.[Cl-]. The standard InChI is InChI=1S/C29H37N4O4.ClH/c1-5-19-17-33(18-21-15-27(36-6-2)32-29(31-21)37-7-3)13-11-20(19)14-26(33)28(34)23-10-12-30-25-9-8-22(35-4)16-24(23)25;/h5,8-10,12,15-16,19-20,26,28,34H,1,6-7,11,13-14,17-18H2,2-4H3;1H/q+1;/p-1/t19?,20?,26?,28-,33?;/m1./s1. The van der Waals surface area contributed by atoms with Gasteiger partial charge in [0.05, 0.1) is 38.9 Å². The van der Waals surface area contributed by atoms with Crippen LogP contribution < -0.4 is 26.6 Å². The number of methoxy groups -OCH3 is 1. The maximum absolute atomic E-state index is 12.0. The first-order valence-electron chi connectivity index (χ1n) is 13.2. The van der Waals surface area contributed by atoms with Gasteiger partial charge in [-0.05, 0) is 49.6 Å². The van der Waals surface area contributed by atoms with Crippen LogP contribution in [0.25, 0.3) is 10.9 Å². The fourth-order valence-corrected chi connectivity index (χ4v) is 6.39. The molecule has 2 aromatic heterocycles. The molecule has 5 heterocycles. The number of benzene rings is 1. The Bertz CT molecular complexity index is 1250. The van der Waals surface area contributed by atoms with Crippen molar-refractivity contribution in [2.45, 2.75) is 45.4 Å².